The third-order valence-corrected chi connectivity index (χ3v) is 9.67. The first-order chi connectivity index (χ1) is 25.0. The van der Waals surface area contributed by atoms with Gasteiger partial charge in [0.1, 0.15) is 11.1 Å². The van der Waals surface area contributed by atoms with Crippen molar-refractivity contribution in [1.29, 1.82) is 0 Å². The summed E-state index contributed by atoms with van der Waals surface area (Å²) >= 11 is 6.53. The number of hydrogen-bond acceptors (Lipinski definition) is 12. The average Bonchev–Trinajstić information content (AvgIpc) is 3.27. The fraction of sp³-hybridized carbons (Fsp3) is 0.314. The molecule has 3 aliphatic rings. The number of carbonyl (C=O) groups is 5. The van der Waals surface area contributed by atoms with E-state index in [1.807, 2.05) is 11.0 Å². The quantitative estimate of drug-likeness (QED) is 0.224. The second-order valence-corrected chi connectivity index (χ2v) is 13.0. The second kappa shape index (κ2) is 13.9. The van der Waals surface area contributed by atoms with Gasteiger partial charge in [-0.15, -0.1) is 0 Å². The molecule has 5 amide bonds. The third-order valence-electron chi connectivity index (χ3n) is 9.39. The summed E-state index contributed by atoms with van der Waals surface area (Å²) in [6.07, 6.45) is 2.42. The summed E-state index contributed by atoms with van der Waals surface area (Å²) in [6.45, 7) is 2.14. The van der Waals surface area contributed by atoms with Gasteiger partial charge in [-0.3, -0.25) is 39.0 Å². The molecule has 2 saturated heterocycles. The molecule has 17 heteroatoms. The minimum absolute atomic E-state index is 0.0440. The number of likely N-dealkylation sites (N-methyl/N-ethyl adjacent to an activating group) is 1. The number of amides is 5. The summed E-state index contributed by atoms with van der Waals surface area (Å²) < 4.78 is 6.93. The van der Waals surface area contributed by atoms with E-state index in [0.29, 0.717) is 59.6 Å². The van der Waals surface area contributed by atoms with E-state index in [4.69, 9.17) is 21.3 Å². The minimum atomic E-state index is -1.02. The van der Waals surface area contributed by atoms with Crippen molar-refractivity contribution in [1.82, 2.24) is 30.1 Å². The van der Waals surface area contributed by atoms with Gasteiger partial charge in [0.25, 0.3) is 23.3 Å². The summed E-state index contributed by atoms with van der Waals surface area (Å²) in [5.74, 6) is -1.62. The lowest BCUT2D eigenvalue weighted by atomic mass is 10.0. The standard InChI is InChI=1S/C35H34ClN9O7/c1-37-29(47)18-52-27-15-19-14-20(4-7-25(19)42(2)34(27)51)39-30-24(36)17-38-35(41-30)44-11-3-10-43(12-13-44)21-5-6-22-23(16-21)33(50)45(32(22)49)26-8-9-28(46)40-31(26)48/h4-7,14-17,26H,3,8-13,18H2,1-2H3,(H,37,47)(H,38,39,41)(H,40,46,48). The Bertz CT molecular complexity index is 2220. The maximum absolute atomic E-state index is 13.4. The fourth-order valence-electron chi connectivity index (χ4n) is 6.62. The zero-order chi connectivity index (χ0) is 36.7. The van der Waals surface area contributed by atoms with Crippen LogP contribution in [0.4, 0.5) is 23.1 Å². The smallest absolute Gasteiger partial charge is 0.293 e. The molecule has 2 aromatic heterocycles. The van der Waals surface area contributed by atoms with E-state index >= 15 is 0 Å². The number of hydrogen-bond donors (Lipinski definition) is 3. The number of aryl methyl sites for hydroxylation is 1. The highest BCUT2D eigenvalue weighted by Crippen LogP contribution is 2.32. The van der Waals surface area contributed by atoms with Crippen LogP contribution in [0.2, 0.25) is 5.02 Å². The van der Waals surface area contributed by atoms with E-state index in [1.54, 1.807) is 43.4 Å². The number of ether oxygens (including phenoxy) is 1. The number of halogens is 1. The molecule has 2 fully saturated rings. The molecule has 1 unspecified atom stereocenters. The van der Waals surface area contributed by atoms with Crippen LogP contribution in [0.15, 0.2) is 53.5 Å². The van der Waals surface area contributed by atoms with Gasteiger partial charge < -0.3 is 29.7 Å². The fourth-order valence-corrected chi connectivity index (χ4v) is 6.75. The molecular weight excluding hydrogens is 694 g/mol. The molecule has 0 aliphatic carbocycles. The topological polar surface area (TPSA) is 188 Å². The van der Waals surface area contributed by atoms with Gasteiger partial charge in [-0.25, -0.2) is 4.98 Å². The van der Waals surface area contributed by atoms with Crippen LogP contribution in [0, 0.1) is 0 Å². The number of carbonyl (C=O) groups excluding carboxylic acids is 5. The van der Waals surface area contributed by atoms with E-state index < -0.39 is 29.7 Å². The highest BCUT2D eigenvalue weighted by Gasteiger charge is 2.44. The van der Waals surface area contributed by atoms with Gasteiger partial charge in [0.15, 0.2) is 18.2 Å². The maximum atomic E-state index is 13.4. The number of nitrogens with zero attached hydrogens (tertiary/aromatic N) is 6. The number of aromatic nitrogens is 3. The first kappa shape index (κ1) is 34.4. The van der Waals surface area contributed by atoms with E-state index in [1.165, 1.54) is 17.8 Å². The maximum Gasteiger partial charge on any atom is 0.293 e. The molecule has 16 nitrogen and oxygen atoms in total. The van der Waals surface area contributed by atoms with E-state index in [-0.39, 0.29) is 47.8 Å². The van der Waals surface area contributed by atoms with E-state index in [9.17, 15) is 28.8 Å². The van der Waals surface area contributed by atoms with Crippen molar-refractivity contribution in [3.8, 4) is 5.75 Å². The monoisotopic (exact) mass is 727 g/mol. The van der Waals surface area contributed by atoms with Crippen LogP contribution in [0.5, 0.6) is 5.75 Å². The van der Waals surface area contributed by atoms with Crippen LogP contribution in [0.1, 0.15) is 40.0 Å². The Morgan fingerprint density at radius 3 is 2.54 bits per heavy atom. The largest absolute Gasteiger partial charge is 0.478 e. The van der Waals surface area contributed by atoms with Crippen molar-refractivity contribution in [2.45, 2.75) is 25.3 Å². The highest BCUT2D eigenvalue weighted by atomic mass is 35.5. The Morgan fingerprint density at radius 2 is 1.75 bits per heavy atom. The Hall–Kier alpha value is -6.03. The van der Waals surface area contributed by atoms with Crippen LogP contribution < -0.4 is 36.0 Å². The zero-order valence-electron chi connectivity index (χ0n) is 28.3. The van der Waals surface area contributed by atoms with Crippen LogP contribution in [0.25, 0.3) is 10.9 Å². The lowest BCUT2D eigenvalue weighted by Crippen LogP contribution is -2.54. The SMILES string of the molecule is CNC(=O)COc1cc2cc(Nc3nc(N4CCCN(c5ccc6c(c5)C(=O)N(C5CCC(=O)NC5=O)C6=O)CC4)ncc3Cl)ccc2n(C)c1=O. The molecule has 0 bridgehead atoms. The van der Waals surface area contributed by atoms with Gasteiger partial charge in [0, 0.05) is 63.5 Å². The van der Waals surface area contributed by atoms with Crippen LogP contribution in [-0.2, 0) is 21.4 Å². The molecular formula is C35H34ClN9O7. The molecule has 4 aromatic rings. The predicted molar refractivity (Wildman–Crippen MR) is 191 cm³/mol. The predicted octanol–water partition coefficient (Wildman–Crippen LogP) is 1.97. The molecule has 5 heterocycles. The van der Waals surface area contributed by atoms with Crippen molar-refractivity contribution in [2.24, 2.45) is 7.05 Å². The van der Waals surface area contributed by atoms with Crippen molar-refractivity contribution < 1.29 is 28.7 Å². The Labute approximate surface area is 301 Å². The van der Waals surface area contributed by atoms with Gasteiger partial charge >= 0.3 is 0 Å². The van der Waals surface area contributed by atoms with Crippen LogP contribution in [0.3, 0.4) is 0 Å². The Kier molecular flexibility index (Phi) is 9.23. The molecule has 7 rings (SSSR count). The normalized spacial score (nSPS) is 17.6. The molecule has 0 radical (unpaired) electrons. The summed E-state index contributed by atoms with van der Waals surface area (Å²) in [5, 5.41) is 8.93. The number of imide groups is 2. The Balaban J connectivity index is 1.05. The third kappa shape index (κ3) is 6.48. The first-order valence-electron chi connectivity index (χ1n) is 16.6. The average molecular weight is 728 g/mol. The van der Waals surface area contributed by atoms with Gasteiger partial charge in [-0.1, -0.05) is 11.6 Å². The molecule has 0 saturated carbocycles. The lowest BCUT2D eigenvalue weighted by molar-refractivity contribution is -0.136. The number of benzene rings is 2. The number of pyridine rings is 1. The molecule has 52 heavy (non-hydrogen) atoms. The van der Waals surface area contributed by atoms with Gasteiger partial charge in [0.2, 0.25) is 17.8 Å². The highest BCUT2D eigenvalue weighted by molar-refractivity contribution is 6.33. The van der Waals surface area contributed by atoms with E-state index in [0.717, 1.165) is 17.0 Å². The van der Waals surface area contributed by atoms with Crippen molar-refractivity contribution in [3.05, 3.63) is 75.2 Å². The van der Waals surface area contributed by atoms with Gasteiger partial charge in [-0.05, 0) is 55.3 Å². The molecule has 3 aliphatic heterocycles. The Morgan fingerprint density at radius 1 is 0.981 bits per heavy atom. The summed E-state index contributed by atoms with van der Waals surface area (Å²) in [6, 6.07) is 11.1. The summed E-state index contributed by atoms with van der Waals surface area (Å²) in [5.41, 5.74) is 2.17. The number of anilines is 4. The lowest BCUT2D eigenvalue weighted by Gasteiger charge is -2.27. The minimum Gasteiger partial charge on any atom is -0.478 e. The summed E-state index contributed by atoms with van der Waals surface area (Å²) in [7, 11) is 3.11. The number of fused-ring (bicyclic) bond motifs is 2. The van der Waals surface area contributed by atoms with Crippen LogP contribution in [-0.4, -0.2) is 94.8 Å². The van der Waals surface area contributed by atoms with Crippen molar-refractivity contribution >= 4 is 75.2 Å². The van der Waals surface area contributed by atoms with Crippen molar-refractivity contribution in [3.63, 3.8) is 0 Å². The van der Waals surface area contributed by atoms with Crippen molar-refractivity contribution in [2.75, 3.05) is 55.0 Å². The number of rotatable bonds is 8. The first-order valence-corrected chi connectivity index (χ1v) is 17.0. The molecule has 1 atom stereocenters. The number of nitrogens with one attached hydrogen (secondary N) is 3. The molecule has 3 N–H and O–H groups in total. The zero-order valence-corrected chi connectivity index (χ0v) is 29.0. The molecule has 268 valence electrons. The van der Waals surface area contributed by atoms with Gasteiger partial charge in [0.05, 0.1) is 22.8 Å². The number of piperidine rings is 1. The second-order valence-electron chi connectivity index (χ2n) is 12.6. The molecule has 0 spiro atoms. The van der Waals surface area contributed by atoms with Gasteiger partial charge in [-0.2, -0.15) is 4.98 Å². The molecule has 2 aromatic carbocycles. The summed E-state index contributed by atoms with van der Waals surface area (Å²) in [4.78, 5) is 89.4. The van der Waals surface area contributed by atoms with Crippen LogP contribution >= 0.6 is 11.6 Å². The van der Waals surface area contributed by atoms with E-state index in [2.05, 4.69) is 25.8 Å².